The smallest absolute Gasteiger partial charge is 0.268 e. The molecule has 1 aromatic heterocycles. The van der Waals surface area contributed by atoms with E-state index in [9.17, 15) is 10.1 Å². The average Bonchev–Trinajstić information content (AvgIpc) is 3.15. The molecule has 134 valence electrons. The molecule has 3 aromatic rings. The summed E-state index contributed by atoms with van der Waals surface area (Å²) in [5.41, 5.74) is 3.85. The molecule has 0 fully saturated rings. The summed E-state index contributed by atoms with van der Waals surface area (Å²) in [5.74, 6) is -0.0233. The topological polar surface area (TPSA) is 65.8 Å². The SMILES string of the molecule is CC(C)c1ccc(C=C(C#N)C(=O)Nc2nc(-c3ccccc3)cs2)cc1. The number of amides is 1. The average molecular weight is 373 g/mol. The quantitative estimate of drug-likeness (QED) is 0.476. The van der Waals surface area contributed by atoms with Gasteiger partial charge in [-0.05, 0) is 23.1 Å². The molecule has 0 aliphatic rings. The molecule has 1 N–H and O–H groups in total. The van der Waals surface area contributed by atoms with Gasteiger partial charge in [0.05, 0.1) is 5.69 Å². The lowest BCUT2D eigenvalue weighted by atomic mass is 10.0. The number of anilines is 1. The molecular formula is C22H19N3OS. The van der Waals surface area contributed by atoms with Gasteiger partial charge in [0, 0.05) is 10.9 Å². The van der Waals surface area contributed by atoms with Gasteiger partial charge in [0.25, 0.3) is 5.91 Å². The van der Waals surface area contributed by atoms with E-state index in [1.54, 1.807) is 6.08 Å². The molecule has 0 radical (unpaired) electrons. The summed E-state index contributed by atoms with van der Waals surface area (Å²) in [5, 5.41) is 14.4. The summed E-state index contributed by atoms with van der Waals surface area (Å²) in [6, 6.07) is 19.6. The van der Waals surface area contributed by atoms with Crippen molar-refractivity contribution in [1.82, 2.24) is 4.98 Å². The van der Waals surface area contributed by atoms with Crippen molar-refractivity contribution in [1.29, 1.82) is 5.26 Å². The fourth-order valence-electron chi connectivity index (χ4n) is 2.53. The Morgan fingerprint density at radius 2 is 1.85 bits per heavy atom. The minimum Gasteiger partial charge on any atom is -0.297 e. The Kier molecular flexibility index (Phi) is 5.80. The Labute approximate surface area is 162 Å². The molecule has 27 heavy (non-hydrogen) atoms. The van der Waals surface area contributed by atoms with Gasteiger partial charge in [0.15, 0.2) is 5.13 Å². The van der Waals surface area contributed by atoms with Crippen LogP contribution in [0.3, 0.4) is 0 Å². The van der Waals surface area contributed by atoms with Crippen molar-refractivity contribution in [3.63, 3.8) is 0 Å². The van der Waals surface area contributed by atoms with Crippen LogP contribution in [0, 0.1) is 11.3 Å². The Hall–Kier alpha value is -3.23. The van der Waals surface area contributed by atoms with Gasteiger partial charge in [0.2, 0.25) is 0 Å². The Bertz CT molecular complexity index is 996. The number of nitriles is 1. The van der Waals surface area contributed by atoms with Crippen LogP contribution < -0.4 is 5.32 Å². The van der Waals surface area contributed by atoms with Crippen LogP contribution in [0.2, 0.25) is 0 Å². The molecule has 2 aromatic carbocycles. The Morgan fingerprint density at radius 3 is 2.48 bits per heavy atom. The molecule has 0 aliphatic carbocycles. The number of carbonyl (C=O) groups excluding carboxylic acids is 1. The zero-order valence-electron chi connectivity index (χ0n) is 15.1. The molecule has 4 nitrogen and oxygen atoms in total. The lowest BCUT2D eigenvalue weighted by Crippen LogP contribution is -2.13. The van der Waals surface area contributed by atoms with E-state index in [-0.39, 0.29) is 5.57 Å². The van der Waals surface area contributed by atoms with Crippen LogP contribution in [0.4, 0.5) is 5.13 Å². The lowest BCUT2D eigenvalue weighted by molar-refractivity contribution is -0.112. The van der Waals surface area contributed by atoms with Crippen molar-refractivity contribution in [2.45, 2.75) is 19.8 Å². The maximum absolute atomic E-state index is 12.4. The number of hydrogen-bond donors (Lipinski definition) is 1. The van der Waals surface area contributed by atoms with E-state index >= 15 is 0 Å². The zero-order valence-corrected chi connectivity index (χ0v) is 16.0. The van der Waals surface area contributed by atoms with Gasteiger partial charge in [0.1, 0.15) is 11.6 Å². The van der Waals surface area contributed by atoms with Crippen molar-refractivity contribution in [3.8, 4) is 17.3 Å². The van der Waals surface area contributed by atoms with E-state index in [4.69, 9.17) is 0 Å². The fourth-order valence-corrected chi connectivity index (χ4v) is 3.24. The summed E-state index contributed by atoms with van der Waals surface area (Å²) in [4.78, 5) is 16.9. The summed E-state index contributed by atoms with van der Waals surface area (Å²) >= 11 is 1.33. The Morgan fingerprint density at radius 1 is 1.15 bits per heavy atom. The third-order valence-corrected chi connectivity index (χ3v) is 4.83. The van der Waals surface area contributed by atoms with E-state index < -0.39 is 5.91 Å². The standard InChI is InChI=1S/C22H19N3OS/c1-15(2)17-10-8-16(9-11-17)12-19(13-23)21(26)25-22-24-20(14-27-22)18-6-4-3-5-7-18/h3-12,14-15H,1-2H3,(H,24,25,26). The molecule has 0 unspecified atom stereocenters. The first-order chi connectivity index (χ1) is 13.1. The predicted molar refractivity (Wildman–Crippen MR) is 110 cm³/mol. The van der Waals surface area contributed by atoms with Crippen LogP contribution in [0.5, 0.6) is 0 Å². The first-order valence-electron chi connectivity index (χ1n) is 8.61. The van der Waals surface area contributed by atoms with Gasteiger partial charge in [-0.25, -0.2) is 4.98 Å². The normalized spacial score (nSPS) is 11.3. The molecule has 0 atom stereocenters. The van der Waals surface area contributed by atoms with Gasteiger partial charge in [-0.1, -0.05) is 68.4 Å². The van der Waals surface area contributed by atoms with E-state index in [0.717, 1.165) is 16.8 Å². The molecule has 0 saturated heterocycles. The lowest BCUT2D eigenvalue weighted by Gasteiger charge is -2.05. The van der Waals surface area contributed by atoms with Crippen molar-refractivity contribution in [2.75, 3.05) is 5.32 Å². The molecule has 0 bridgehead atoms. The van der Waals surface area contributed by atoms with E-state index in [1.807, 2.05) is 66.0 Å². The van der Waals surface area contributed by atoms with Gasteiger partial charge >= 0.3 is 0 Å². The molecule has 0 saturated carbocycles. The number of benzene rings is 2. The van der Waals surface area contributed by atoms with Gasteiger partial charge in [-0.3, -0.25) is 10.1 Å². The molecular weight excluding hydrogens is 354 g/mol. The maximum Gasteiger partial charge on any atom is 0.268 e. The first kappa shape index (κ1) is 18.6. The van der Waals surface area contributed by atoms with Crippen LogP contribution in [0.1, 0.15) is 30.9 Å². The number of carbonyl (C=O) groups is 1. The number of aromatic nitrogens is 1. The molecule has 0 aliphatic heterocycles. The van der Waals surface area contributed by atoms with Crippen LogP contribution >= 0.6 is 11.3 Å². The minimum atomic E-state index is -0.459. The van der Waals surface area contributed by atoms with Crippen LogP contribution in [0.15, 0.2) is 65.6 Å². The van der Waals surface area contributed by atoms with Gasteiger partial charge in [-0.2, -0.15) is 5.26 Å². The molecule has 1 heterocycles. The van der Waals surface area contributed by atoms with Crippen LogP contribution in [0.25, 0.3) is 17.3 Å². The maximum atomic E-state index is 12.4. The third-order valence-electron chi connectivity index (χ3n) is 4.07. The number of hydrogen-bond acceptors (Lipinski definition) is 4. The van der Waals surface area contributed by atoms with E-state index in [0.29, 0.717) is 11.0 Å². The van der Waals surface area contributed by atoms with Crippen LogP contribution in [-0.2, 0) is 4.79 Å². The number of nitrogens with zero attached hydrogens (tertiary/aromatic N) is 2. The largest absolute Gasteiger partial charge is 0.297 e. The fraction of sp³-hybridized carbons (Fsp3) is 0.136. The number of nitrogens with one attached hydrogen (secondary N) is 1. The number of rotatable bonds is 5. The number of thiazole rings is 1. The minimum absolute atomic E-state index is 0.0451. The first-order valence-corrected chi connectivity index (χ1v) is 9.49. The molecule has 0 spiro atoms. The summed E-state index contributed by atoms with van der Waals surface area (Å²) in [6.07, 6.45) is 1.59. The molecule has 3 rings (SSSR count). The van der Waals surface area contributed by atoms with Crippen molar-refractivity contribution < 1.29 is 4.79 Å². The molecule has 1 amide bonds. The van der Waals surface area contributed by atoms with Crippen molar-refractivity contribution in [3.05, 3.63) is 76.7 Å². The summed E-state index contributed by atoms with van der Waals surface area (Å²) in [7, 11) is 0. The highest BCUT2D eigenvalue weighted by molar-refractivity contribution is 7.14. The predicted octanol–water partition coefficient (Wildman–Crippen LogP) is 5.48. The summed E-state index contributed by atoms with van der Waals surface area (Å²) in [6.45, 7) is 4.24. The molecule has 5 heteroatoms. The Balaban J connectivity index is 1.74. The zero-order chi connectivity index (χ0) is 19.2. The van der Waals surface area contributed by atoms with Gasteiger partial charge in [-0.15, -0.1) is 11.3 Å². The third kappa shape index (κ3) is 4.69. The van der Waals surface area contributed by atoms with E-state index in [2.05, 4.69) is 24.1 Å². The monoisotopic (exact) mass is 373 g/mol. The van der Waals surface area contributed by atoms with Crippen molar-refractivity contribution in [2.24, 2.45) is 0 Å². The van der Waals surface area contributed by atoms with E-state index in [1.165, 1.54) is 16.9 Å². The van der Waals surface area contributed by atoms with Crippen LogP contribution in [-0.4, -0.2) is 10.9 Å². The van der Waals surface area contributed by atoms with Gasteiger partial charge < -0.3 is 0 Å². The second kappa shape index (κ2) is 8.43. The highest BCUT2D eigenvalue weighted by Crippen LogP contribution is 2.25. The second-order valence-corrected chi connectivity index (χ2v) is 7.21. The summed E-state index contributed by atoms with van der Waals surface area (Å²) < 4.78 is 0. The highest BCUT2D eigenvalue weighted by Gasteiger charge is 2.12. The second-order valence-electron chi connectivity index (χ2n) is 6.35. The highest BCUT2D eigenvalue weighted by atomic mass is 32.1. The van der Waals surface area contributed by atoms with Crippen molar-refractivity contribution >= 4 is 28.5 Å².